The summed E-state index contributed by atoms with van der Waals surface area (Å²) >= 11 is 1.18. The zero-order valence-corrected chi connectivity index (χ0v) is 20.2. The topological polar surface area (TPSA) is 98.4 Å². The number of nitrogen functional groups attached to an aromatic ring is 1. The highest BCUT2D eigenvalue weighted by Gasteiger charge is 2.30. The molecule has 1 aromatic carbocycles. The molecule has 0 atom stereocenters. The number of thioether (sulfide) groups is 1. The molecule has 0 aliphatic rings. The molecule has 0 radical (unpaired) electrons. The number of amides is 1. The van der Waals surface area contributed by atoms with Crippen LogP contribution >= 0.6 is 11.8 Å². The van der Waals surface area contributed by atoms with Crippen molar-refractivity contribution >= 4 is 29.1 Å². The molecule has 0 spiro atoms. The number of ether oxygens (including phenoxy) is 1. The maximum atomic E-state index is 13.2. The molecule has 0 aliphatic heterocycles. The Morgan fingerprint density at radius 3 is 2.56 bits per heavy atom. The number of hydrogen-bond donors (Lipinski definition) is 1. The maximum Gasteiger partial charge on any atom is 0.214 e. The van der Waals surface area contributed by atoms with Crippen molar-refractivity contribution < 1.29 is 14.3 Å². The second kappa shape index (κ2) is 11.8. The van der Waals surface area contributed by atoms with Crippen molar-refractivity contribution in [2.75, 3.05) is 19.5 Å². The fourth-order valence-corrected chi connectivity index (χ4v) is 4.16. The minimum atomic E-state index is -0.578. The first kappa shape index (κ1) is 25.5. The first-order chi connectivity index (χ1) is 15.2. The number of methoxy groups -OCH3 is 1. The fourth-order valence-electron chi connectivity index (χ4n) is 3.14. The molecule has 0 bridgehead atoms. The van der Waals surface area contributed by atoms with Crippen LogP contribution < -0.4 is 5.73 Å². The summed E-state index contributed by atoms with van der Waals surface area (Å²) in [7, 11) is 1.61. The molecule has 0 saturated carbocycles. The number of nitrogens with zero attached hydrogens (tertiary/aromatic N) is 3. The quantitative estimate of drug-likeness (QED) is 0.508. The van der Waals surface area contributed by atoms with Crippen LogP contribution in [-0.2, 0) is 27.3 Å². The number of anilines is 1. The van der Waals surface area contributed by atoms with Gasteiger partial charge in [0.15, 0.2) is 5.12 Å². The van der Waals surface area contributed by atoms with Gasteiger partial charge in [-0.2, -0.15) is 0 Å². The number of aryl methyl sites for hydroxylation is 1. The van der Waals surface area contributed by atoms with Crippen molar-refractivity contribution in [2.24, 2.45) is 5.41 Å². The Morgan fingerprint density at radius 1 is 1.28 bits per heavy atom. The number of allylic oxidation sites excluding steroid dienone is 1. The number of hydrogen-bond acceptors (Lipinski definition) is 7. The van der Waals surface area contributed by atoms with Crippen molar-refractivity contribution in [1.82, 2.24) is 14.9 Å². The second-order valence-electron chi connectivity index (χ2n) is 8.25. The van der Waals surface area contributed by atoms with Crippen molar-refractivity contribution in [3.63, 3.8) is 0 Å². The second-order valence-corrected chi connectivity index (χ2v) is 9.32. The van der Waals surface area contributed by atoms with Crippen LogP contribution in [0.25, 0.3) is 0 Å². The molecule has 1 amide bonds. The van der Waals surface area contributed by atoms with E-state index >= 15 is 0 Å². The van der Waals surface area contributed by atoms with E-state index < -0.39 is 5.41 Å². The van der Waals surface area contributed by atoms with E-state index in [0.29, 0.717) is 42.4 Å². The maximum absolute atomic E-state index is 13.2. The van der Waals surface area contributed by atoms with Crippen LogP contribution in [0.5, 0.6) is 0 Å². The highest BCUT2D eigenvalue weighted by atomic mass is 32.2. The van der Waals surface area contributed by atoms with Gasteiger partial charge in [0.2, 0.25) is 6.41 Å². The third-order valence-electron chi connectivity index (χ3n) is 5.11. The van der Waals surface area contributed by atoms with E-state index in [9.17, 15) is 9.59 Å². The molecular weight excluding hydrogens is 424 g/mol. The molecular formula is C24H32N4O3S. The molecule has 8 heteroatoms. The van der Waals surface area contributed by atoms with Crippen molar-refractivity contribution in [3.05, 3.63) is 64.1 Å². The molecule has 0 saturated heterocycles. The average Bonchev–Trinajstić information content (AvgIpc) is 2.76. The minimum Gasteiger partial charge on any atom is -0.384 e. The molecule has 0 unspecified atom stereocenters. The SMILES string of the molecule is COCC/C(SC(=O)C(C)(C)Cc1ccccc1)=C(\C)N(C=O)Cc1cnc(C)nc1N. The van der Waals surface area contributed by atoms with Gasteiger partial charge in [0.25, 0.3) is 0 Å². The normalized spacial score (nSPS) is 12.3. The summed E-state index contributed by atoms with van der Waals surface area (Å²) in [6.45, 7) is 8.13. The van der Waals surface area contributed by atoms with Gasteiger partial charge in [-0.15, -0.1) is 0 Å². The van der Waals surface area contributed by atoms with Gasteiger partial charge in [-0.3, -0.25) is 9.59 Å². The zero-order chi connectivity index (χ0) is 23.7. The van der Waals surface area contributed by atoms with Crippen molar-refractivity contribution in [1.29, 1.82) is 0 Å². The van der Waals surface area contributed by atoms with E-state index in [1.165, 1.54) is 16.7 Å². The Balaban J connectivity index is 2.26. The summed E-state index contributed by atoms with van der Waals surface area (Å²) < 4.78 is 5.24. The van der Waals surface area contributed by atoms with Gasteiger partial charge in [-0.25, -0.2) is 9.97 Å². The molecule has 2 rings (SSSR count). The van der Waals surface area contributed by atoms with Crippen LogP contribution in [0.2, 0.25) is 0 Å². The van der Waals surface area contributed by atoms with Crippen LogP contribution in [0.3, 0.4) is 0 Å². The Kier molecular flexibility index (Phi) is 9.41. The zero-order valence-electron chi connectivity index (χ0n) is 19.4. The van der Waals surface area contributed by atoms with Crippen molar-refractivity contribution in [2.45, 2.75) is 47.1 Å². The Hall–Kier alpha value is -2.71. The molecule has 7 nitrogen and oxygen atoms in total. The van der Waals surface area contributed by atoms with E-state index in [-0.39, 0.29) is 11.7 Å². The van der Waals surface area contributed by atoms with Gasteiger partial charge >= 0.3 is 0 Å². The van der Waals surface area contributed by atoms with E-state index in [1.807, 2.05) is 51.1 Å². The number of rotatable bonds is 11. The monoisotopic (exact) mass is 456 g/mol. The summed E-state index contributed by atoms with van der Waals surface area (Å²) in [5, 5.41) is 0.0378. The average molecular weight is 457 g/mol. The molecule has 0 fully saturated rings. The van der Waals surface area contributed by atoms with Crippen LogP contribution in [0.15, 0.2) is 47.1 Å². The number of nitrogens with two attached hydrogens (primary N) is 1. The highest BCUT2D eigenvalue weighted by Crippen LogP contribution is 2.35. The van der Waals surface area contributed by atoms with Gasteiger partial charge in [-0.05, 0) is 25.8 Å². The van der Waals surface area contributed by atoms with Crippen LogP contribution in [0.1, 0.15) is 44.1 Å². The lowest BCUT2D eigenvalue weighted by atomic mass is 9.87. The van der Waals surface area contributed by atoms with Gasteiger partial charge < -0.3 is 15.4 Å². The Bertz CT molecular complexity index is 961. The number of carbonyl (C=O) groups is 2. The Morgan fingerprint density at radius 2 is 1.97 bits per heavy atom. The summed E-state index contributed by atoms with van der Waals surface area (Å²) in [5.41, 5.74) is 7.86. The van der Waals surface area contributed by atoms with Gasteiger partial charge in [0, 0.05) is 41.3 Å². The van der Waals surface area contributed by atoms with E-state index in [1.54, 1.807) is 20.2 Å². The first-order valence-electron chi connectivity index (χ1n) is 10.4. The van der Waals surface area contributed by atoms with E-state index in [2.05, 4.69) is 9.97 Å². The van der Waals surface area contributed by atoms with Crippen LogP contribution in [-0.4, -0.2) is 40.1 Å². The molecule has 2 aromatic rings. The third kappa shape index (κ3) is 7.17. The molecule has 0 aliphatic carbocycles. The largest absolute Gasteiger partial charge is 0.384 e. The minimum absolute atomic E-state index is 0.0378. The Labute approximate surface area is 194 Å². The summed E-state index contributed by atoms with van der Waals surface area (Å²) in [6.07, 6.45) is 3.51. The van der Waals surface area contributed by atoms with Crippen LogP contribution in [0, 0.1) is 12.3 Å². The number of carbonyl (C=O) groups excluding carboxylic acids is 2. The predicted molar refractivity (Wildman–Crippen MR) is 129 cm³/mol. The molecule has 172 valence electrons. The van der Waals surface area contributed by atoms with E-state index in [4.69, 9.17) is 10.5 Å². The third-order valence-corrected chi connectivity index (χ3v) is 6.60. The summed E-state index contributed by atoms with van der Waals surface area (Å²) in [6, 6.07) is 9.95. The number of aromatic nitrogens is 2. The van der Waals surface area contributed by atoms with E-state index in [0.717, 1.165) is 16.9 Å². The molecule has 2 N–H and O–H groups in total. The lowest BCUT2D eigenvalue weighted by Gasteiger charge is -2.26. The van der Waals surface area contributed by atoms with Gasteiger partial charge in [-0.1, -0.05) is 55.9 Å². The summed E-state index contributed by atoms with van der Waals surface area (Å²) in [5.74, 6) is 0.905. The first-order valence-corrected chi connectivity index (χ1v) is 11.2. The predicted octanol–water partition coefficient (Wildman–Crippen LogP) is 4.12. The molecule has 32 heavy (non-hydrogen) atoms. The lowest BCUT2D eigenvalue weighted by molar-refractivity contribution is -0.118. The molecule has 1 heterocycles. The summed E-state index contributed by atoms with van der Waals surface area (Å²) in [4.78, 5) is 35.8. The van der Waals surface area contributed by atoms with Gasteiger partial charge in [0.1, 0.15) is 11.6 Å². The highest BCUT2D eigenvalue weighted by molar-refractivity contribution is 8.17. The standard InChI is InChI=1S/C24H32N4O3S/c1-17(28(16-29)15-20-14-26-18(2)27-22(20)25)21(11-12-31-5)32-23(30)24(3,4)13-19-9-7-6-8-10-19/h6-10,14,16H,11-13,15H2,1-5H3,(H2,25,26,27)/b21-17-. The fraction of sp³-hybridized carbons (Fsp3) is 0.417. The van der Waals surface area contributed by atoms with Gasteiger partial charge in [0.05, 0.1) is 13.2 Å². The molecule has 1 aromatic heterocycles. The number of benzene rings is 1. The smallest absolute Gasteiger partial charge is 0.214 e. The van der Waals surface area contributed by atoms with Crippen LogP contribution in [0.4, 0.5) is 5.82 Å². The lowest BCUT2D eigenvalue weighted by Crippen LogP contribution is -2.26. The van der Waals surface area contributed by atoms with Crippen molar-refractivity contribution in [3.8, 4) is 0 Å².